The minimum absolute atomic E-state index is 0.0417. The number of aryl methyl sites for hydroxylation is 1. The first-order valence-electron chi connectivity index (χ1n) is 11.1. The van der Waals surface area contributed by atoms with Gasteiger partial charge in [0.05, 0.1) is 5.54 Å². The van der Waals surface area contributed by atoms with Gasteiger partial charge in [-0.2, -0.15) is 0 Å². The van der Waals surface area contributed by atoms with Crippen LogP contribution in [-0.4, -0.2) is 28.6 Å². The molecule has 5 nitrogen and oxygen atoms in total. The summed E-state index contributed by atoms with van der Waals surface area (Å²) in [6, 6.07) is 5.91. The zero-order valence-corrected chi connectivity index (χ0v) is 20.5. The average Bonchev–Trinajstić information content (AvgIpc) is 2.63. The highest BCUT2D eigenvalue weighted by Gasteiger charge is 2.38. The SMILES string of the molecule is CC(C)CC1=CN(CCCC(=O)O)C(=O)N[C@@]1(C)c1ccc(CCC(C)(C)C)c(Cl)c1. The Labute approximate surface area is 191 Å². The van der Waals surface area contributed by atoms with E-state index >= 15 is 0 Å². The van der Waals surface area contributed by atoms with E-state index in [9.17, 15) is 9.59 Å². The van der Waals surface area contributed by atoms with Crippen molar-refractivity contribution in [2.75, 3.05) is 6.54 Å². The molecule has 1 aliphatic heterocycles. The molecule has 0 fully saturated rings. The van der Waals surface area contributed by atoms with Crippen molar-refractivity contribution in [3.05, 3.63) is 46.1 Å². The molecule has 0 spiro atoms. The topological polar surface area (TPSA) is 69.6 Å². The van der Waals surface area contributed by atoms with E-state index in [1.54, 1.807) is 4.90 Å². The Kier molecular flexibility index (Phi) is 8.21. The van der Waals surface area contributed by atoms with Crippen molar-refractivity contribution >= 4 is 23.6 Å². The summed E-state index contributed by atoms with van der Waals surface area (Å²) in [5.74, 6) is -0.446. The number of amides is 2. The Morgan fingerprint density at radius 2 is 1.97 bits per heavy atom. The van der Waals surface area contributed by atoms with Crippen LogP contribution in [0.15, 0.2) is 30.0 Å². The number of benzene rings is 1. The van der Waals surface area contributed by atoms with Crippen molar-refractivity contribution in [2.24, 2.45) is 11.3 Å². The highest BCUT2D eigenvalue weighted by molar-refractivity contribution is 6.31. The van der Waals surface area contributed by atoms with E-state index in [4.69, 9.17) is 16.7 Å². The third kappa shape index (κ3) is 6.99. The molecular weight excluding hydrogens is 412 g/mol. The molecule has 0 aromatic heterocycles. The second-order valence-corrected chi connectivity index (χ2v) is 10.8. The molecule has 0 saturated carbocycles. The van der Waals surface area contributed by atoms with Crippen LogP contribution < -0.4 is 5.32 Å². The number of carboxylic acids is 1. The minimum Gasteiger partial charge on any atom is -0.481 e. The first-order chi connectivity index (χ1) is 14.3. The van der Waals surface area contributed by atoms with E-state index < -0.39 is 11.5 Å². The summed E-state index contributed by atoms with van der Waals surface area (Å²) in [6.07, 6.45) is 5.14. The second kappa shape index (κ2) is 10.1. The van der Waals surface area contributed by atoms with Gasteiger partial charge in [0.25, 0.3) is 0 Å². The van der Waals surface area contributed by atoms with E-state index in [2.05, 4.69) is 52.1 Å². The maximum absolute atomic E-state index is 12.8. The Bertz CT molecular complexity index is 842. The normalized spacial score (nSPS) is 19.4. The maximum Gasteiger partial charge on any atom is 0.322 e. The van der Waals surface area contributed by atoms with E-state index in [0.717, 1.165) is 41.0 Å². The van der Waals surface area contributed by atoms with Gasteiger partial charge in [0.15, 0.2) is 0 Å². The summed E-state index contributed by atoms with van der Waals surface area (Å²) >= 11 is 6.66. The lowest BCUT2D eigenvalue weighted by atomic mass is 9.79. The van der Waals surface area contributed by atoms with Gasteiger partial charge >= 0.3 is 12.0 Å². The van der Waals surface area contributed by atoms with Crippen LogP contribution >= 0.6 is 11.6 Å². The summed E-state index contributed by atoms with van der Waals surface area (Å²) < 4.78 is 0. The number of nitrogens with one attached hydrogen (secondary N) is 1. The molecule has 0 saturated heterocycles. The number of nitrogens with zero attached hydrogens (tertiary/aromatic N) is 1. The predicted molar refractivity (Wildman–Crippen MR) is 126 cm³/mol. The van der Waals surface area contributed by atoms with Gasteiger partial charge < -0.3 is 15.3 Å². The summed E-state index contributed by atoms with van der Waals surface area (Å²) in [4.78, 5) is 25.3. The van der Waals surface area contributed by atoms with E-state index in [0.29, 0.717) is 18.9 Å². The Morgan fingerprint density at radius 1 is 1.29 bits per heavy atom. The van der Waals surface area contributed by atoms with Crippen molar-refractivity contribution in [3.8, 4) is 0 Å². The van der Waals surface area contributed by atoms with Gasteiger partial charge in [-0.15, -0.1) is 0 Å². The van der Waals surface area contributed by atoms with Crippen LogP contribution in [-0.2, 0) is 16.8 Å². The van der Waals surface area contributed by atoms with Crippen LogP contribution in [0.25, 0.3) is 0 Å². The molecule has 1 aliphatic rings. The number of hydrogen-bond acceptors (Lipinski definition) is 2. The highest BCUT2D eigenvalue weighted by atomic mass is 35.5. The molecule has 172 valence electrons. The average molecular weight is 449 g/mol. The number of rotatable bonds is 9. The predicted octanol–water partition coefficient (Wildman–Crippen LogP) is 6.35. The maximum atomic E-state index is 12.8. The standard InChI is InChI=1S/C25H37ClN2O3/c1-17(2)14-20-16-28(13-7-8-22(29)30)23(31)27-25(20,6)19-10-9-18(21(26)15-19)11-12-24(3,4)5/h9-10,15-17H,7-8,11-14H2,1-6H3,(H,27,31)(H,29,30)/t25-/m0/s1. The fourth-order valence-corrected chi connectivity index (χ4v) is 4.11. The smallest absolute Gasteiger partial charge is 0.322 e. The van der Waals surface area contributed by atoms with Crippen molar-refractivity contribution in [3.63, 3.8) is 0 Å². The Balaban J connectivity index is 2.32. The molecule has 1 heterocycles. The number of urea groups is 1. The van der Waals surface area contributed by atoms with E-state index in [-0.39, 0.29) is 17.9 Å². The summed E-state index contributed by atoms with van der Waals surface area (Å²) in [6.45, 7) is 13.4. The van der Waals surface area contributed by atoms with Gasteiger partial charge in [0.2, 0.25) is 0 Å². The molecule has 0 bridgehead atoms. The van der Waals surface area contributed by atoms with Crippen molar-refractivity contribution < 1.29 is 14.7 Å². The van der Waals surface area contributed by atoms with Crippen LogP contribution in [0.1, 0.15) is 78.4 Å². The molecule has 31 heavy (non-hydrogen) atoms. The third-order valence-corrected chi connectivity index (χ3v) is 6.12. The molecule has 2 rings (SSSR count). The van der Waals surface area contributed by atoms with Crippen LogP contribution in [0.2, 0.25) is 5.02 Å². The first-order valence-corrected chi connectivity index (χ1v) is 11.5. The fourth-order valence-electron chi connectivity index (χ4n) is 3.83. The summed E-state index contributed by atoms with van der Waals surface area (Å²) in [5, 5.41) is 12.8. The number of carbonyl (C=O) groups is 2. The van der Waals surface area contributed by atoms with Crippen molar-refractivity contribution in [1.82, 2.24) is 10.2 Å². The lowest BCUT2D eigenvalue weighted by Gasteiger charge is -2.41. The Hall–Kier alpha value is -2.01. The minimum atomic E-state index is -0.852. The van der Waals surface area contributed by atoms with Crippen LogP contribution in [0, 0.1) is 11.3 Å². The molecule has 0 radical (unpaired) electrons. The molecule has 0 unspecified atom stereocenters. The zero-order chi connectivity index (χ0) is 23.4. The molecular formula is C25H37ClN2O3. The monoisotopic (exact) mass is 448 g/mol. The van der Waals surface area contributed by atoms with Gasteiger partial charge in [-0.25, -0.2) is 4.79 Å². The van der Waals surface area contributed by atoms with Crippen LogP contribution in [0.4, 0.5) is 4.79 Å². The van der Waals surface area contributed by atoms with Gasteiger partial charge in [0, 0.05) is 24.2 Å². The van der Waals surface area contributed by atoms with Gasteiger partial charge in [-0.1, -0.05) is 58.4 Å². The summed E-state index contributed by atoms with van der Waals surface area (Å²) in [7, 11) is 0. The molecule has 1 aromatic rings. The number of halogens is 1. The summed E-state index contributed by atoms with van der Waals surface area (Å²) in [5.41, 5.74) is 2.76. The van der Waals surface area contributed by atoms with Gasteiger partial charge in [-0.05, 0) is 66.7 Å². The van der Waals surface area contributed by atoms with Crippen LogP contribution in [0.5, 0.6) is 0 Å². The fraction of sp³-hybridized carbons (Fsp3) is 0.600. The van der Waals surface area contributed by atoms with Gasteiger partial charge in [-0.3, -0.25) is 4.79 Å². The third-order valence-electron chi connectivity index (χ3n) is 5.76. The number of aliphatic carboxylic acids is 1. The first kappa shape index (κ1) is 25.3. The molecule has 1 aromatic carbocycles. The van der Waals surface area contributed by atoms with Crippen LogP contribution in [0.3, 0.4) is 0 Å². The number of carbonyl (C=O) groups excluding carboxylic acids is 1. The second-order valence-electron chi connectivity index (χ2n) is 10.4. The largest absolute Gasteiger partial charge is 0.481 e. The van der Waals surface area contributed by atoms with E-state index in [1.807, 2.05) is 19.2 Å². The van der Waals surface area contributed by atoms with Gasteiger partial charge in [0.1, 0.15) is 0 Å². The molecule has 0 aliphatic carbocycles. The lowest BCUT2D eigenvalue weighted by molar-refractivity contribution is -0.137. The van der Waals surface area contributed by atoms with Crippen molar-refractivity contribution in [1.29, 1.82) is 0 Å². The highest BCUT2D eigenvalue weighted by Crippen LogP contribution is 2.38. The molecule has 1 atom stereocenters. The quantitative estimate of drug-likeness (QED) is 0.462. The molecule has 2 amide bonds. The van der Waals surface area contributed by atoms with E-state index in [1.165, 1.54) is 0 Å². The molecule has 6 heteroatoms. The van der Waals surface area contributed by atoms with Crippen molar-refractivity contribution in [2.45, 2.75) is 79.2 Å². The zero-order valence-electron chi connectivity index (χ0n) is 19.7. The number of carboxylic acid groups (broad SMARTS) is 1. The lowest BCUT2D eigenvalue weighted by Crippen LogP contribution is -2.54. The Morgan fingerprint density at radius 3 is 2.52 bits per heavy atom. The molecule has 2 N–H and O–H groups in total. The number of hydrogen-bond donors (Lipinski definition) is 2.